The maximum Gasteiger partial charge on any atom is 0.156 e. The van der Waals surface area contributed by atoms with Crippen LogP contribution in [0, 0.1) is 0 Å². The Morgan fingerprint density at radius 3 is 1.78 bits per heavy atom. The summed E-state index contributed by atoms with van der Waals surface area (Å²) in [4.78, 5) is 0. The molecule has 92 valence electrons. The number of nitrogens with one attached hydrogen (secondary N) is 1. The van der Waals surface area contributed by atoms with Crippen LogP contribution in [0.3, 0.4) is 0 Å². The molecule has 1 aliphatic rings. The number of ether oxygens (including phenoxy) is 1. The average molecular weight is 243 g/mol. The van der Waals surface area contributed by atoms with Gasteiger partial charge in [0.15, 0.2) is 11.5 Å². The second-order valence-electron chi connectivity index (χ2n) is 4.13. The van der Waals surface area contributed by atoms with Gasteiger partial charge in [-0.05, 0) is 12.1 Å². The Labute approximate surface area is 104 Å². The summed E-state index contributed by atoms with van der Waals surface area (Å²) in [5.41, 5.74) is 3.09. The van der Waals surface area contributed by atoms with E-state index in [9.17, 15) is 10.2 Å². The lowest BCUT2D eigenvalue weighted by Crippen LogP contribution is -2.07. The highest BCUT2D eigenvalue weighted by molar-refractivity contribution is 5.77. The zero-order valence-electron chi connectivity index (χ0n) is 9.68. The number of fused-ring (bicyclic) bond motifs is 2. The van der Waals surface area contributed by atoms with Crippen molar-refractivity contribution < 1.29 is 14.9 Å². The van der Waals surface area contributed by atoms with Gasteiger partial charge in [0.05, 0.1) is 24.6 Å². The van der Waals surface area contributed by atoms with Gasteiger partial charge in [-0.3, -0.25) is 0 Å². The minimum atomic E-state index is -0.0819. The predicted octanol–water partition coefficient (Wildman–Crippen LogP) is 2.52. The highest BCUT2D eigenvalue weighted by Crippen LogP contribution is 2.45. The van der Waals surface area contributed by atoms with Crippen molar-refractivity contribution >= 4 is 11.4 Å². The minimum absolute atomic E-state index is 0.0819. The third-order valence-corrected chi connectivity index (χ3v) is 3.01. The Hall–Kier alpha value is -2.04. The average Bonchev–Trinajstić information content (AvgIpc) is 2.43. The Kier molecular flexibility index (Phi) is 2.66. The van der Waals surface area contributed by atoms with Crippen LogP contribution in [0.5, 0.6) is 11.5 Å². The number of rotatable bonds is 2. The van der Waals surface area contributed by atoms with Gasteiger partial charge in [-0.2, -0.15) is 0 Å². The van der Waals surface area contributed by atoms with Crippen LogP contribution in [-0.4, -0.2) is 10.2 Å². The van der Waals surface area contributed by atoms with E-state index in [-0.39, 0.29) is 13.2 Å². The molecule has 2 aromatic rings. The highest BCUT2D eigenvalue weighted by atomic mass is 16.5. The zero-order chi connectivity index (χ0) is 12.5. The van der Waals surface area contributed by atoms with E-state index in [2.05, 4.69) is 5.32 Å². The summed E-state index contributed by atoms with van der Waals surface area (Å²) in [6.07, 6.45) is 0. The van der Waals surface area contributed by atoms with Gasteiger partial charge >= 0.3 is 0 Å². The number of anilines is 2. The molecular weight excluding hydrogens is 230 g/mol. The van der Waals surface area contributed by atoms with E-state index in [1.54, 1.807) is 0 Å². The molecule has 1 heterocycles. The third kappa shape index (κ3) is 1.63. The third-order valence-electron chi connectivity index (χ3n) is 3.01. The molecule has 0 amide bonds. The largest absolute Gasteiger partial charge is 0.452 e. The van der Waals surface area contributed by atoms with Gasteiger partial charge < -0.3 is 20.3 Å². The minimum Gasteiger partial charge on any atom is -0.452 e. The quantitative estimate of drug-likeness (QED) is 0.647. The van der Waals surface area contributed by atoms with Gasteiger partial charge in [-0.1, -0.05) is 24.3 Å². The zero-order valence-corrected chi connectivity index (χ0v) is 9.68. The molecule has 0 atom stereocenters. The fraction of sp³-hybridized carbons (Fsp3) is 0.143. The Morgan fingerprint density at radius 2 is 1.33 bits per heavy atom. The molecule has 18 heavy (non-hydrogen) atoms. The molecule has 2 aromatic carbocycles. The first-order valence-corrected chi connectivity index (χ1v) is 5.74. The number of hydrogen-bond acceptors (Lipinski definition) is 4. The SMILES string of the molecule is OCc1cccc2c1Oc1c(CO)cccc1N2. The second-order valence-corrected chi connectivity index (χ2v) is 4.13. The van der Waals surface area contributed by atoms with Crippen molar-refractivity contribution in [2.45, 2.75) is 13.2 Å². The number of para-hydroxylation sites is 2. The Balaban J connectivity index is 2.12. The molecule has 0 bridgehead atoms. The van der Waals surface area contributed by atoms with Crippen LogP contribution in [0.2, 0.25) is 0 Å². The van der Waals surface area contributed by atoms with E-state index in [0.29, 0.717) is 11.5 Å². The molecule has 0 saturated heterocycles. The van der Waals surface area contributed by atoms with Crippen molar-refractivity contribution in [3.8, 4) is 11.5 Å². The lowest BCUT2D eigenvalue weighted by molar-refractivity contribution is 0.271. The van der Waals surface area contributed by atoms with Crippen LogP contribution >= 0.6 is 0 Å². The fourth-order valence-electron chi connectivity index (χ4n) is 2.10. The van der Waals surface area contributed by atoms with Crippen molar-refractivity contribution in [2.75, 3.05) is 5.32 Å². The van der Waals surface area contributed by atoms with E-state index in [4.69, 9.17) is 4.74 Å². The maximum absolute atomic E-state index is 9.31. The fourth-order valence-corrected chi connectivity index (χ4v) is 2.10. The van der Waals surface area contributed by atoms with E-state index in [1.165, 1.54) is 0 Å². The molecule has 0 aromatic heterocycles. The van der Waals surface area contributed by atoms with Gasteiger partial charge in [0.1, 0.15) is 0 Å². The Bertz CT molecular complexity index is 544. The molecular formula is C14H13NO3. The first-order chi connectivity index (χ1) is 8.83. The summed E-state index contributed by atoms with van der Waals surface area (Å²) in [6.45, 7) is -0.164. The summed E-state index contributed by atoms with van der Waals surface area (Å²) >= 11 is 0. The van der Waals surface area contributed by atoms with Crippen LogP contribution < -0.4 is 10.1 Å². The van der Waals surface area contributed by atoms with Crippen LogP contribution in [-0.2, 0) is 13.2 Å². The molecule has 0 spiro atoms. The molecule has 4 nitrogen and oxygen atoms in total. The van der Waals surface area contributed by atoms with E-state index in [1.807, 2.05) is 36.4 Å². The summed E-state index contributed by atoms with van der Waals surface area (Å²) in [6, 6.07) is 11.1. The van der Waals surface area contributed by atoms with Gasteiger partial charge in [-0.25, -0.2) is 0 Å². The molecule has 4 heteroatoms. The molecule has 1 aliphatic heterocycles. The highest BCUT2D eigenvalue weighted by Gasteiger charge is 2.21. The number of aliphatic hydroxyl groups is 2. The van der Waals surface area contributed by atoms with Crippen LogP contribution in [0.1, 0.15) is 11.1 Å². The van der Waals surface area contributed by atoms with E-state index >= 15 is 0 Å². The molecule has 0 aliphatic carbocycles. The van der Waals surface area contributed by atoms with Gasteiger partial charge in [0.25, 0.3) is 0 Å². The lowest BCUT2D eigenvalue weighted by atomic mass is 10.1. The molecule has 0 unspecified atom stereocenters. The molecule has 0 saturated carbocycles. The van der Waals surface area contributed by atoms with E-state index in [0.717, 1.165) is 22.5 Å². The topological polar surface area (TPSA) is 61.7 Å². The normalized spacial score (nSPS) is 12.1. The van der Waals surface area contributed by atoms with Crippen molar-refractivity contribution in [3.63, 3.8) is 0 Å². The molecule has 0 fully saturated rings. The lowest BCUT2D eigenvalue weighted by Gasteiger charge is -2.25. The van der Waals surface area contributed by atoms with Crippen LogP contribution in [0.15, 0.2) is 36.4 Å². The standard InChI is InChI=1S/C14H13NO3/c16-7-9-3-1-5-11-13(9)18-14-10(8-17)4-2-6-12(14)15-11/h1-6,15-17H,7-8H2. The summed E-state index contributed by atoms with van der Waals surface area (Å²) < 4.78 is 5.84. The second kappa shape index (κ2) is 4.33. The summed E-state index contributed by atoms with van der Waals surface area (Å²) in [5, 5.41) is 21.9. The van der Waals surface area contributed by atoms with Crippen molar-refractivity contribution in [3.05, 3.63) is 47.5 Å². The Morgan fingerprint density at radius 1 is 0.833 bits per heavy atom. The van der Waals surface area contributed by atoms with Gasteiger partial charge in [0.2, 0.25) is 0 Å². The van der Waals surface area contributed by atoms with Gasteiger partial charge in [0, 0.05) is 11.1 Å². The molecule has 3 rings (SSSR count). The van der Waals surface area contributed by atoms with Crippen molar-refractivity contribution in [1.29, 1.82) is 0 Å². The summed E-state index contributed by atoms with van der Waals surface area (Å²) in [7, 11) is 0. The predicted molar refractivity (Wildman–Crippen MR) is 68.1 cm³/mol. The molecule has 0 radical (unpaired) electrons. The van der Waals surface area contributed by atoms with Crippen molar-refractivity contribution in [1.82, 2.24) is 0 Å². The molecule has 3 N–H and O–H groups in total. The number of hydrogen-bond donors (Lipinski definition) is 3. The van der Waals surface area contributed by atoms with Crippen molar-refractivity contribution in [2.24, 2.45) is 0 Å². The van der Waals surface area contributed by atoms with Crippen LogP contribution in [0.4, 0.5) is 11.4 Å². The maximum atomic E-state index is 9.31. The first kappa shape index (κ1) is 11.1. The van der Waals surface area contributed by atoms with Crippen LogP contribution in [0.25, 0.3) is 0 Å². The monoisotopic (exact) mass is 243 g/mol. The first-order valence-electron chi connectivity index (χ1n) is 5.74. The number of aliphatic hydroxyl groups excluding tert-OH is 2. The summed E-state index contributed by atoms with van der Waals surface area (Å²) in [5.74, 6) is 1.24. The van der Waals surface area contributed by atoms with Gasteiger partial charge in [-0.15, -0.1) is 0 Å². The number of benzene rings is 2. The van der Waals surface area contributed by atoms with E-state index < -0.39 is 0 Å². The smallest absolute Gasteiger partial charge is 0.156 e.